The lowest BCUT2D eigenvalue weighted by Gasteiger charge is -2.09. The Hall–Kier alpha value is -2.73. The molecule has 1 aromatic heterocycles. The van der Waals surface area contributed by atoms with Crippen molar-refractivity contribution in [3.8, 4) is 0 Å². The Balaban J connectivity index is 2.02. The van der Waals surface area contributed by atoms with Gasteiger partial charge in [0.1, 0.15) is 5.69 Å². The van der Waals surface area contributed by atoms with Crippen LogP contribution in [0.2, 0.25) is 0 Å². The van der Waals surface area contributed by atoms with Gasteiger partial charge >= 0.3 is 0 Å². The Kier molecular flexibility index (Phi) is 6.45. The summed E-state index contributed by atoms with van der Waals surface area (Å²) in [6, 6.07) is 10.5. The Morgan fingerprint density at radius 3 is 2.71 bits per heavy atom. The normalized spacial score (nSPS) is 10.2. The van der Waals surface area contributed by atoms with E-state index in [1.54, 1.807) is 13.2 Å². The SMILES string of the molecule is COCCCNC(=O)c1ccnc(C(=O)Nc2ccccc2C)c1. The number of carbonyl (C=O) groups excluding carboxylic acids is 2. The zero-order chi connectivity index (χ0) is 17.4. The lowest BCUT2D eigenvalue weighted by Crippen LogP contribution is -2.26. The Morgan fingerprint density at radius 2 is 1.96 bits per heavy atom. The van der Waals surface area contributed by atoms with Crippen molar-refractivity contribution in [3.63, 3.8) is 0 Å². The van der Waals surface area contributed by atoms with E-state index in [1.165, 1.54) is 12.3 Å². The summed E-state index contributed by atoms with van der Waals surface area (Å²) in [5.41, 5.74) is 2.27. The maximum Gasteiger partial charge on any atom is 0.274 e. The third kappa shape index (κ3) is 4.89. The number of pyridine rings is 1. The Bertz CT molecular complexity index is 716. The summed E-state index contributed by atoms with van der Waals surface area (Å²) in [7, 11) is 1.62. The zero-order valence-corrected chi connectivity index (χ0v) is 13.8. The second kappa shape index (κ2) is 8.79. The van der Waals surface area contributed by atoms with Crippen molar-refractivity contribution in [1.29, 1.82) is 0 Å². The van der Waals surface area contributed by atoms with Crippen LogP contribution in [0.4, 0.5) is 5.69 Å². The first-order valence-corrected chi connectivity index (χ1v) is 7.72. The number of nitrogens with zero attached hydrogens (tertiary/aromatic N) is 1. The molecule has 6 heteroatoms. The summed E-state index contributed by atoms with van der Waals surface area (Å²) in [6.45, 7) is 3.01. The van der Waals surface area contributed by atoms with Gasteiger partial charge in [0, 0.05) is 37.7 Å². The van der Waals surface area contributed by atoms with Crippen LogP contribution in [0.3, 0.4) is 0 Å². The molecule has 0 aliphatic rings. The topological polar surface area (TPSA) is 80.3 Å². The van der Waals surface area contributed by atoms with Crippen molar-refractivity contribution in [2.24, 2.45) is 0 Å². The molecule has 0 unspecified atom stereocenters. The van der Waals surface area contributed by atoms with E-state index in [-0.39, 0.29) is 17.5 Å². The molecule has 6 nitrogen and oxygen atoms in total. The first kappa shape index (κ1) is 17.6. The van der Waals surface area contributed by atoms with Gasteiger partial charge < -0.3 is 15.4 Å². The van der Waals surface area contributed by atoms with E-state index in [9.17, 15) is 9.59 Å². The fourth-order valence-corrected chi connectivity index (χ4v) is 2.12. The fraction of sp³-hybridized carbons (Fsp3) is 0.278. The van der Waals surface area contributed by atoms with Crippen molar-refractivity contribution in [2.45, 2.75) is 13.3 Å². The maximum atomic E-state index is 12.3. The van der Waals surface area contributed by atoms with Gasteiger partial charge in [-0.3, -0.25) is 14.6 Å². The summed E-state index contributed by atoms with van der Waals surface area (Å²) < 4.78 is 4.93. The number of rotatable bonds is 7. The van der Waals surface area contributed by atoms with Gasteiger partial charge in [-0.25, -0.2) is 0 Å². The number of amides is 2. The third-order valence-corrected chi connectivity index (χ3v) is 3.46. The van der Waals surface area contributed by atoms with Gasteiger partial charge in [0.2, 0.25) is 0 Å². The van der Waals surface area contributed by atoms with Crippen LogP contribution in [0.25, 0.3) is 0 Å². The number of anilines is 1. The van der Waals surface area contributed by atoms with Gasteiger partial charge in [0.15, 0.2) is 0 Å². The summed E-state index contributed by atoms with van der Waals surface area (Å²) in [6.07, 6.45) is 2.19. The predicted octanol–water partition coefficient (Wildman–Crippen LogP) is 2.41. The van der Waals surface area contributed by atoms with Gasteiger partial charge in [-0.05, 0) is 37.1 Å². The number of ether oxygens (including phenoxy) is 1. The molecule has 2 aromatic rings. The molecule has 0 atom stereocenters. The third-order valence-electron chi connectivity index (χ3n) is 3.46. The monoisotopic (exact) mass is 327 g/mol. The minimum absolute atomic E-state index is 0.197. The highest BCUT2D eigenvalue weighted by Crippen LogP contribution is 2.14. The van der Waals surface area contributed by atoms with E-state index < -0.39 is 0 Å². The van der Waals surface area contributed by atoms with Crippen LogP contribution in [-0.2, 0) is 4.74 Å². The summed E-state index contributed by atoms with van der Waals surface area (Å²) in [4.78, 5) is 28.4. The smallest absolute Gasteiger partial charge is 0.274 e. The second-order valence-corrected chi connectivity index (χ2v) is 5.30. The number of carbonyl (C=O) groups is 2. The minimum Gasteiger partial charge on any atom is -0.385 e. The van der Waals surface area contributed by atoms with Crippen LogP contribution >= 0.6 is 0 Å². The zero-order valence-electron chi connectivity index (χ0n) is 13.8. The number of hydrogen-bond donors (Lipinski definition) is 2. The molecule has 1 heterocycles. The molecule has 0 aliphatic carbocycles. The standard InChI is InChI=1S/C18H21N3O3/c1-13-6-3-4-7-15(13)21-18(23)16-12-14(8-10-19-16)17(22)20-9-5-11-24-2/h3-4,6-8,10,12H,5,9,11H2,1-2H3,(H,20,22)(H,21,23). The molecule has 0 fully saturated rings. The lowest BCUT2D eigenvalue weighted by molar-refractivity contribution is 0.0948. The molecule has 2 N–H and O–H groups in total. The number of nitrogens with one attached hydrogen (secondary N) is 2. The highest BCUT2D eigenvalue weighted by atomic mass is 16.5. The first-order chi connectivity index (χ1) is 11.6. The predicted molar refractivity (Wildman–Crippen MR) is 92.2 cm³/mol. The molecule has 24 heavy (non-hydrogen) atoms. The number of hydrogen-bond acceptors (Lipinski definition) is 4. The molecular formula is C18H21N3O3. The average Bonchev–Trinajstić information content (AvgIpc) is 2.60. The van der Waals surface area contributed by atoms with Crippen molar-refractivity contribution < 1.29 is 14.3 Å². The van der Waals surface area contributed by atoms with Gasteiger partial charge in [-0.15, -0.1) is 0 Å². The number of methoxy groups -OCH3 is 1. The summed E-state index contributed by atoms with van der Waals surface area (Å²) in [5.74, 6) is -0.586. The number of aryl methyl sites for hydroxylation is 1. The van der Waals surface area contributed by atoms with Crippen LogP contribution in [0, 0.1) is 6.92 Å². The second-order valence-electron chi connectivity index (χ2n) is 5.30. The van der Waals surface area contributed by atoms with Gasteiger partial charge in [0.05, 0.1) is 0 Å². The van der Waals surface area contributed by atoms with Gasteiger partial charge in [0.25, 0.3) is 11.8 Å². The van der Waals surface area contributed by atoms with E-state index in [4.69, 9.17) is 4.74 Å². The molecule has 126 valence electrons. The van der Waals surface area contributed by atoms with Gasteiger partial charge in [-0.1, -0.05) is 18.2 Å². The van der Waals surface area contributed by atoms with Crippen LogP contribution in [0.5, 0.6) is 0 Å². The van der Waals surface area contributed by atoms with E-state index in [0.717, 1.165) is 17.7 Å². The molecular weight excluding hydrogens is 306 g/mol. The molecule has 1 aromatic carbocycles. The number of benzene rings is 1. The number of aromatic nitrogens is 1. The first-order valence-electron chi connectivity index (χ1n) is 7.72. The van der Waals surface area contributed by atoms with Gasteiger partial charge in [-0.2, -0.15) is 0 Å². The van der Waals surface area contributed by atoms with Crippen LogP contribution < -0.4 is 10.6 Å². The summed E-state index contributed by atoms with van der Waals surface area (Å²) >= 11 is 0. The summed E-state index contributed by atoms with van der Waals surface area (Å²) in [5, 5.41) is 5.58. The Morgan fingerprint density at radius 1 is 1.17 bits per heavy atom. The van der Waals surface area contributed by atoms with E-state index in [0.29, 0.717) is 18.7 Å². The quantitative estimate of drug-likeness (QED) is 0.765. The fourth-order valence-electron chi connectivity index (χ4n) is 2.12. The van der Waals surface area contributed by atoms with Crippen molar-refractivity contribution in [1.82, 2.24) is 10.3 Å². The molecule has 0 saturated carbocycles. The molecule has 0 spiro atoms. The van der Waals surface area contributed by atoms with E-state index >= 15 is 0 Å². The number of para-hydroxylation sites is 1. The molecule has 0 saturated heterocycles. The lowest BCUT2D eigenvalue weighted by atomic mass is 10.2. The van der Waals surface area contributed by atoms with Crippen LogP contribution in [0.1, 0.15) is 32.8 Å². The van der Waals surface area contributed by atoms with Crippen LogP contribution in [0.15, 0.2) is 42.6 Å². The maximum absolute atomic E-state index is 12.3. The van der Waals surface area contributed by atoms with Crippen molar-refractivity contribution in [3.05, 3.63) is 59.4 Å². The molecule has 2 rings (SSSR count). The van der Waals surface area contributed by atoms with Crippen molar-refractivity contribution in [2.75, 3.05) is 25.6 Å². The minimum atomic E-state index is -0.349. The van der Waals surface area contributed by atoms with E-state index in [2.05, 4.69) is 15.6 Å². The molecule has 0 aliphatic heterocycles. The highest BCUT2D eigenvalue weighted by molar-refractivity contribution is 6.05. The highest BCUT2D eigenvalue weighted by Gasteiger charge is 2.12. The molecule has 0 bridgehead atoms. The van der Waals surface area contributed by atoms with Crippen molar-refractivity contribution >= 4 is 17.5 Å². The largest absolute Gasteiger partial charge is 0.385 e. The average molecular weight is 327 g/mol. The Labute approximate surface area is 141 Å². The molecule has 2 amide bonds. The molecule has 0 radical (unpaired) electrons. The van der Waals surface area contributed by atoms with E-state index in [1.807, 2.05) is 31.2 Å². The van der Waals surface area contributed by atoms with Crippen LogP contribution in [-0.4, -0.2) is 37.1 Å².